The van der Waals surface area contributed by atoms with Gasteiger partial charge in [0.15, 0.2) is 0 Å². The number of carbonyl (C=O) groups excluding carboxylic acids is 1. The summed E-state index contributed by atoms with van der Waals surface area (Å²) in [5.74, 6) is 0.294. The molecule has 0 fully saturated rings. The first-order valence-corrected chi connectivity index (χ1v) is 11.6. The van der Waals surface area contributed by atoms with E-state index in [1.165, 1.54) is 48.5 Å². The zero-order valence-corrected chi connectivity index (χ0v) is 20.0. The highest BCUT2D eigenvalue weighted by Crippen LogP contribution is 2.35. The van der Waals surface area contributed by atoms with Gasteiger partial charge >= 0.3 is 0 Å². The Balaban J connectivity index is 1.58. The predicted molar refractivity (Wildman–Crippen MR) is 134 cm³/mol. The number of nitrogens with zero attached hydrogens (tertiary/aromatic N) is 3. The maximum atomic E-state index is 13.6. The van der Waals surface area contributed by atoms with Crippen LogP contribution in [0.25, 0.3) is 11.3 Å². The second-order valence-electron chi connectivity index (χ2n) is 8.43. The molecule has 0 unspecified atom stereocenters. The summed E-state index contributed by atoms with van der Waals surface area (Å²) >= 11 is 0. The maximum absolute atomic E-state index is 13.6. The zero-order chi connectivity index (χ0) is 25.8. The first-order valence-electron chi connectivity index (χ1n) is 11.6. The van der Waals surface area contributed by atoms with Crippen molar-refractivity contribution in [3.63, 3.8) is 0 Å². The van der Waals surface area contributed by atoms with Crippen LogP contribution in [0.3, 0.4) is 0 Å². The summed E-state index contributed by atoms with van der Waals surface area (Å²) in [6.07, 6.45) is 1.54. The number of furan rings is 1. The first kappa shape index (κ1) is 24.0. The molecule has 5 rings (SSSR count). The molecular formula is C29H23F2N3O3. The lowest BCUT2D eigenvalue weighted by molar-refractivity contribution is 0.0717. The highest BCUT2D eigenvalue weighted by atomic mass is 19.1. The summed E-state index contributed by atoms with van der Waals surface area (Å²) < 4.78 is 40.3. The molecule has 2 heterocycles. The number of hydrogen-bond acceptors (Lipinski definition) is 4. The van der Waals surface area contributed by atoms with Crippen LogP contribution in [0.5, 0.6) is 11.6 Å². The fraction of sp³-hybridized carbons (Fsp3) is 0.103. The van der Waals surface area contributed by atoms with Gasteiger partial charge in [-0.05, 0) is 60.7 Å². The quantitative estimate of drug-likeness (QED) is 0.242. The summed E-state index contributed by atoms with van der Waals surface area (Å²) in [6.45, 7) is 0.286. The Labute approximate surface area is 212 Å². The zero-order valence-electron chi connectivity index (χ0n) is 20.0. The molecule has 0 saturated heterocycles. The van der Waals surface area contributed by atoms with Crippen molar-refractivity contribution < 1.29 is 22.7 Å². The Bertz CT molecular complexity index is 1480. The van der Waals surface area contributed by atoms with E-state index in [4.69, 9.17) is 14.3 Å². The molecule has 1 amide bonds. The SMILES string of the molecule is Cn1nc(-c2ccccc2)c(CN(Cc2ccco2)C(=O)c2ccc(F)cc2)c1Oc1ccc(F)cc1. The van der Waals surface area contributed by atoms with Crippen molar-refractivity contribution in [2.75, 3.05) is 0 Å². The lowest BCUT2D eigenvalue weighted by Gasteiger charge is -2.23. The number of hydrogen-bond donors (Lipinski definition) is 0. The van der Waals surface area contributed by atoms with Crippen molar-refractivity contribution in [1.82, 2.24) is 14.7 Å². The van der Waals surface area contributed by atoms with Crippen molar-refractivity contribution in [2.45, 2.75) is 13.1 Å². The number of aromatic nitrogens is 2. The summed E-state index contributed by atoms with van der Waals surface area (Å²) in [5.41, 5.74) is 2.46. The lowest BCUT2D eigenvalue weighted by Crippen LogP contribution is -2.30. The van der Waals surface area contributed by atoms with Gasteiger partial charge in [-0.25, -0.2) is 13.5 Å². The van der Waals surface area contributed by atoms with Gasteiger partial charge in [0.2, 0.25) is 5.88 Å². The molecule has 0 spiro atoms. The molecule has 0 saturated carbocycles. The second kappa shape index (κ2) is 10.5. The van der Waals surface area contributed by atoms with Gasteiger partial charge in [-0.3, -0.25) is 4.79 Å². The van der Waals surface area contributed by atoms with Gasteiger partial charge in [-0.2, -0.15) is 5.10 Å². The molecule has 0 atom stereocenters. The standard InChI is InChI=1S/C29H23F2N3O3/c1-33-29(37-24-15-13-23(31)14-16-24)26(27(32-33)20-6-3-2-4-7-20)19-34(18-25-8-5-17-36-25)28(35)21-9-11-22(30)12-10-21/h2-17H,18-19H2,1H3. The number of ether oxygens (including phenoxy) is 1. The average molecular weight is 500 g/mol. The van der Waals surface area contributed by atoms with Crippen molar-refractivity contribution in [1.29, 1.82) is 0 Å². The molecule has 0 aliphatic rings. The van der Waals surface area contributed by atoms with Crippen LogP contribution in [0.15, 0.2) is 102 Å². The average Bonchev–Trinajstić information content (AvgIpc) is 3.54. The summed E-state index contributed by atoms with van der Waals surface area (Å²) in [7, 11) is 1.74. The molecule has 2 aromatic heterocycles. The van der Waals surface area contributed by atoms with E-state index in [0.29, 0.717) is 34.2 Å². The van der Waals surface area contributed by atoms with Crippen LogP contribution in [0, 0.1) is 11.6 Å². The first-order chi connectivity index (χ1) is 18.0. The van der Waals surface area contributed by atoms with Crippen molar-refractivity contribution in [3.05, 3.63) is 126 Å². The van der Waals surface area contributed by atoms with E-state index in [1.807, 2.05) is 30.3 Å². The molecule has 8 heteroatoms. The van der Waals surface area contributed by atoms with Crippen molar-refractivity contribution >= 4 is 5.91 Å². The topological polar surface area (TPSA) is 60.5 Å². The molecule has 0 bridgehead atoms. The minimum atomic E-state index is -0.428. The third kappa shape index (κ3) is 5.43. The van der Waals surface area contributed by atoms with E-state index in [2.05, 4.69) is 0 Å². The van der Waals surface area contributed by atoms with Crippen molar-refractivity contribution in [3.8, 4) is 22.9 Å². The van der Waals surface area contributed by atoms with Crippen LogP contribution in [-0.4, -0.2) is 20.6 Å². The molecule has 0 aliphatic heterocycles. The largest absolute Gasteiger partial charge is 0.467 e. The van der Waals surface area contributed by atoms with Gasteiger partial charge < -0.3 is 14.1 Å². The number of rotatable bonds is 8. The Morgan fingerprint density at radius 2 is 1.57 bits per heavy atom. The minimum Gasteiger partial charge on any atom is -0.467 e. The van der Waals surface area contributed by atoms with Crippen LogP contribution in [0.2, 0.25) is 0 Å². The third-order valence-electron chi connectivity index (χ3n) is 5.82. The van der Waals surface area contributed by atoms with E-state index in [1.54, 1.807) is 35.0 Å². The van der Waals surface area contributed by atoms with Gasteiger partial charge in [-0.15, -0.1) is 0 Å². The second-order valence-corrected chi connectivity index (χ2v) is 8.43. The molecule has 6 nitrogen and oxygen atoms in total. The molecule has 186 valence electrons. The summed E-state index contributed by atoms with van der Waals surface area (Å²) in [5, 5.41) is 4.69. The van der Waals surface area contributed by atoms with Gasteiger partial charge in [0.1, 0.15) is 28.8 Å². The molecule has 0 radical (unpaired) electrons. The maximum Gasteiger partial charge on any atom is 0.254 e. The highest BCUT2D eigenvalue weighted by molar-refractivity contribution is 5.94. The lowest BCUT2D eigenvalue weighted by atomic mass is 10.1. The van der Waals surface area contributed by atoms with E-state index in [9.17, 15) is 13.6 Å². The van der Waals surface area contributed by atoms with E-state index < -0.39 is 5.82 Å². The summed E-state index contributed by atoms with van der Waals surface area (Å²) in [6, 6.07) is 24.2. The highest BCUT2D eigenvalue weighted by Gasteiger charge is 2.26. The summed E-state index contributed by atoms with van der Waals surface area (Å²) in [4.78, 5) is 15.2. The van der Waals surface area contributed by atoms with E-state index >= 15 is 0 Å². The monoisotopic (exact) mass is 499 g/mol. The van der Waals surface area contributed by atoms with Gasteiger partial charge in [0.05, 0.1) is 24.9 Å². The van der Waals surface area contributed by atoms with Crippen LogP contribution < -0.4 is 4.74 Å². The van der Waals surface area contributed by atoms with Gasteiger partial charge in [0.25, 0.3) is 5.91 Å². The number of amides is 1. The third-order valence-corrected chi connectivity index (χ3v) is 5.82. The fourth-order valence-electron chi connectivity index (χ4n) is 4.02. The Hall–Kier alpha value is -4.72. The van der Waals surface area contributed by atoms with Crippen molar-refractivity contribution in [2.24, 2.45) is 7.05 Å². The molecule has 5 aromatic rings. The molecular weight excluding hydrogens is 476 g/mol. The number of benzene rings is 3. The number of aryl methyl sites for hydroxylation is 1. The van der Waals surface area contributed by atoms with Crippen LogP contribution in [0.1, 0.15) is 21.7 Å². The van der Waals surface area contributed by atoms with E-state index in [0.717, 1.165) is 5.56 Å². The fourth-order valence-corrected chi connectivity index (χ4v) is 4.02. The normalized spacial score (nSPS) is 10.9. The Kier molecular flexibility index (Phi) is 6.81. The predicted octanol–water partition coefficient (Wildman–Crippen LogP) is 6.59. The smallest absolute Gasteiger partial charge is 0.254 e. The molecule has 0 N–H and O–H groups in total. The number of halogens is 2. The Morgan fingerprint density at radius 1 is 0.892 bits per heavy atom. The molecule has 3 aromatic carbocycles. The minimum absolute atomic E-state index is 0.117. The van der Waals surface area contributed by atoms with E-state index in [-0.39, 0.29) is 24.8 Å². The van der Waals surface area contributed by atoms with Crippen LogP contribution >= 0.6 is 0 Å². The van der Waals surface area contributed by atoms with Crippen LogP contribution in [-0.2, 0) is 20.1 Å². The molecule has 37 heavy (non-hydrogen) atoms. The van der Waals surface area contributed by atoms with Crippen LogP contribution in [0.4, 0.5) is 8.78 Å². The number of carbonyl (C=O) groups is 1. The Morgan fingerprint density at radius 3 is 2.22 bits per heavy atom. The molecule has 0 aliphatic carbocycles. The van der Waals surface area contributed by atoms with Gasteiger partial charge in [-0.1, -0.05) is 30.3 Å². The van der Waals surface area contributed by atoms with Gasteiger partial charge in [0, 0.05) is 18.2 Å².